The van der Waals surface area contributed by atoms with Gasteiger partial charge in [0.25, 0.3) is 11.8 Å². The molecule has 0 radical (unpaired) electrons. The van der Waals surface area contributed by atoms with Gasteiger partial charge in [0.15, 0.2) is 0 Å². The molecule has 1 aliphatic heterocycles. The van der Waals surface area contributed by atoms with Crippen molar-refractivity contribution in [3.05, 3.63) is 64.2 Å². The van der Waals surface area contributed by atoms with Gasteiger partial charge in [0.1, 0.15) is 0 Å². The minimum Gasteiger partial charge on any atom is -0.348 e. The molecule has 1 aliphatic rings. The maximum absolute atomic E-state index is 12.6. The van der Waals surface area contributed by atoms with E-state index < -0.39 is 10.0 Å². The van der Waals surface area contributed by atoms with E-state index in [1.165, 1.54) is 13.1 Å². The molecule has 3 rings (SSSR count). The van der Waals surface area contributed by atoms with Crippen LogP contribution in [0.1, 0.15) is 50.2 Å². The van der Waals surface area contributed by atoms with Crippen LogP contribution in [-0.2, 0) is 16.6 Å². The monoisotopic (exact) mass is 429 g/mol. The van der Waals surface area contributed by atoms with Gasteiger partial charge in [0.2, 0.25) is 10.0 Å². The Morgan fingerprint density at radius 1 is 1.00 bits per heavy atom. The fraction of sp³-hybridized carbons (Fsp3) is 0.364. The zero-order valence-corrected chi connectivity index (χ0v) is 18.3. The van der Waals surface area contributed by atoms with Crippen LogP contribution < -0.4 is 10.0 Å². The van der Waals surface area contributed by atoms with Crippen LogP contribution in [-0.4, -0.2) is 45.3 Å². The van der Waals surface area contributed by atoms with Crippen LogP contribution in [0, 0.1) is 13.8 Å². The van der Waals surface area contributed by atoms with E-state index in [2.05, 4.69) is 10.0 Å². The number of carbonyl (C=O) groups is 2. The predicted molar refractivity (Wildman–Crippen MR) is 115 cm³/mol. The van der Waals surface area contributed by atoms with Crippen molar-refractivity contribution in [2.24, 2.45) is 0 Å². The number of hydrogen-bond donors (Lipinski definition) is 2. The number of nitrogens with zero attached hydrogens (tertiary/aromatic N) is 1. The van der Waals surface area contributed by atoms with Gasteiger partial charge in [-0.05, 0) is 74.7 Å². The Hall–Kier alpha value is -2.71. The highest BCUT2D eigenvalue weighted by Crippen LogP contribution is 2.21. The van der Waals surface area contributed by atoms with Gasteiger partial charge in [-0.25, -0.2) is 13.1 Å². The molecule has 1 saturated heterocycles. The van der Waals surface area contributed by atoms with E-state index in [-0.39, 0.29) is 28.8 Å². The molecule has 8 heteroatoms. The topological polar surface area (TPSA) is 95.6 Å². The van der Waals surface area contributed by atoms with Crippen LogP contribution in [0.15, 0.2) is 41.3 Å². The fourth-order valence-corrected chi connectivity index (χ4v) is 4.57. The van der Waals surface area contributed by atoms with E-state index >= 15 is 0 Å². The molecular weight excluding hydrogens is 402 g/mol. The molecule has 0 aromatic heterocycles. The lowest BCUT2D eigenvalue weighted by atomic mass is 10.1. The zero-order valence-electron chi connectivity index (χ0n) is 17.5. The minimum atomic E-state index is -3.66. The predicted octanol–water partition coefficient (Wildman–Crippen LogP) is 2.38. The summed E-state index contributed by atoms with van der Waals surface area (Å²) >= 11 is 0. The maximum Gasteiger partial charge on any atom is 0.253 e. The summed E-state index contributed by atoms with van der Waals surface area (Å²) < 4.78 is 26.8. The average Bonchev–Trinajstić information content (AvgIpc) is 3.28. The average molecular weight is 430 g/mol. The summed E-state index contributed by atoms with van der Waals surface area (Å²) in [5, 5.41) is 2.81. The molecule has 30 heavy (non-hydrogen) atoms. The fourth-order valence-electron chi connectivity index (χ4n) is 3.50. The van der Waals surface area contributed by atoms with Crippen molar-refractivity contribution in [3.8, 4) is 0 Å². The molecule has 1 heterocycles. The summed E-state index contributed by atoms with van der Waals surface area (Å²) in [7, 11) is -2.32. The summed E-state index contributed by atoms with van der Waals surface area (Å²) in [6, 6.07) is 10.3. The normalized spacial score (nSPS) is 14.0. The molecule has 2 N–H and O–H groups in total. The zero-order chi connectivity index (χ0) is 21.9. The first kappa shape index (κ1) is 22.0. The SMILES string of the molecule is CNS(=O)(=O)c1cc(C(=O)NCc2ccc(C(=O)N3CCCC3)cc2)cc(C)c1C. The standard InChI is InChI=1S/C22H27N3O4S/c1-15-12-19(13-20(16(15)2)30(28,29)23-3)21(26)24-14-17-6-8-18(9-7-17)22(27)25-10-4-5-11-25/h6-9,12-13,23H,4-5,10-11,14H2,1-3H3,(H,24,26). The molecule has 0 unspecified atom stereocenters. The first-order valence-corrected chi connectivity index (χ1v) is 11.4. The Bertz CT molecular complexity index is 1060. The lowest BCUT2D eigenvalue weighted by Crippen LogP contribution is -2.27. The van der Waals surface area contributed by atoms with E-state index in [0.717, 1.165) is 37.1 Å². The molecule has 0 saturated carbocycles. The van der Waals surface area contributed by atoms with Crippen molar-refractivity contribution in [1.29, 1.82) is 0 Å². The molecule has 2 amide bonds. The Morgan fingerprint density at radius 2 is 1.63 bits per heavy atom. The number of aryl methyl sites for hydroxylation is 1. The molecule has 0 spiro atoms. The second kappa shape index (κ2) is 8.97. The first-order valence-electron chi connectivity index (χ1n) is 9.94. The number of amides is 2. The lowest BCUT2D eigenvalue weighted by Gasteiger charge is -2.15. The van der Waals surface area contributed by atoms with Gasteiger partial charge in [-0.1, -0.05) is 12.1 Å². The minimum absolute atomic E-state index is 0.0384. The molecule has 160 valence electrons. The number of hydrogen-bond acceptors (Lipinski definition) is 4. The van der Waals surface area contributed by atoms with Gasteiger partial charge in [0.05, 0.1) is 4.90 Å². The number of carbonyl (C=O) groups excluding carboxylic acids is 2. The molecule has 7 nitrogen and oxygen atoms in total. The third-order valence-corrected chi connectivity index (χ3v) is 7.03. The molecule has 0 aliphatic carbocycles. The molecule has 2 aromatic carbocycles. The third-order valence-electron chi connectivity index (χ3n) is 5.49. The first-order chi connectivity index (χ1) is 14.2. The van der Waals surface area contributed by atoms with E-state index in [1.807, 2.05) is 17.0 Å². The smallest absolute Gasteiger partial charge is 0.253 e. The second-order valence-electron chi connectivity index (χ2n) is 7.50. The molecule has 0 bridgehead atoms. The van der Waals surface area contributed by atoms with Gasteiger partial charge >= 0.3 is 0 Å². The molecule has 0 atom stereocenters. The number of nitrogens with one attached hydrogen (secondary N) is 2. The summed E-state index contributed by atoms with van der Waals surface area (Å²) in [6.45, 7) is 5.37. The van der Waals surface area contributed by atoms with Crippen molar-refractivity contribution < 1.29 is 18.0 Å². The number of likely N-dealkylation sites (tertiary alicyclic amines) is 1. The second-order valence-corrected chi connectivity index (χ2v) is 9.36. The molecular formula is C22H27N3O4S. The van der Waals surface area contributed by atoms with Crippen molar-refractivity contribution in [1.82, 2.24) is 14.9 Å². The van der Waals surface area contributed by atoms with Crippen LogP contribution in [0.2, 0.25) is 0 Å². The van der Waals surface area contributed by atoms with E-state index in [1.54, 1.807) is 32.0 Å². The summed E-state index contributed by atoms with van der Waals surface area (Å²) in [4.78, 5) is 27.0. The molecule has 2 aromatic rings. The Balaban J connectivity index is 1.69. The largest absolute Gasteiger partial charge is 0.348 e. The van der Waals surface area contributed by atoms with Gasteiger partial charge in [-0.2, -0.15) is 0 Å². The van der Waals surface area contributed by atoms with Gasteiger partial charge in [-0.3, -0.25) is 9.59 Å². The summed E-state index contributed by atoms with van der Waals surface area (Å²) in [6.07, 6.45) is 2.09. The summed E-state index contributed by atoms with van der Waals surface area (Å²) in [5.41, 5.74) is 3.12. The molecule has 1 fully saturated rings. The van der Waals surface area contributed by atoms with Gasteiger partial charge in [-0.15, -0.1) is 0 Å². The van der Waals surface area contributed by atoms with Crippen molar-refractivity contribution in [2.45, 2.75) is 38.1 Å². The van der Waals surface area contributed by atoms with E-state index in [9.17, 15) is 18.0 Å². The van der Waals surface area contributed by atoms with Crippen LogP contribution in [0.25, 0.3) is 0 Å². The Kier molecular flexibility index (Phi) is 6.58. The Labute approximate surface area is 177 Å². The van der Waals surface area contributed by atoms with Crippen LogP contribution >= 0.6 is 0 Å². The number of rotatable bonds is 6. The highest BCUT2D eigenvalue weighted by molar-refractivity contribution is 7.89. The third kappa shape index (κ3) is 4.71. The number of benzene rings is 2. The van der Waals surface area contributed by atoms with Crippen molar-refractivity contribution in [3.63, 3.8) is 0 Å². The van der Waals surface area contributed by atoms with Crippen LogP contribution in [0.3, 0.4) is 0 Å². The Morgan fingerprint density at radius 3 is 2.23 bits per heavy atom. The van der Waals surface area contributed by atoms with Crippen LogP contribution in [0.5, 0.6) is 0 Å². The van der Waals surface area contributed by atoms with Crippen molar-refractivity contribution >= 4 is 21.8 Å². The van der Waals surface area contributed by atoms with E-state index in [4.69, 9.17) is 0 Å². The number of sulfonamides is 1. The van der Waals surface area contributed by atoms with Crippen molar-refractivity contribution in [2.75, 3.05) is 20.1 Å². The highest BCUT2D eigenvalue weighted by atomic mass is 32.2. The van der Waals surface area contributed by atoms with Gasteiger partial charge in [0, 0.05) is 30.8 Å². The quantitative estimate of drug-likeness (QED) is 0.737. The highest BCUT2D eigenvalue weighted by Gasteiger charge is 2.20. The lowest BCUT2D eigenvalue weighted by molar-refractivity contribution is 0.0792. The van der Waals surface area contributed by atoms with E-state index in [0.29, 0.717) is 11.1 Å². The van der Waals surface area contributed by atoms with Gasteiger partial charge < -0.3 is 10.2 Å². The van der Waals surface area contributed by atoms with Crippen LogP contribution in [0.4, 0.5) is 0 Å². The maximum atomic E-state index is 12.6. The summed E-state index contributed by atoms with van der Waals surface area (Å²) in [5.74, 6) is -0.320.